The van der Waals surface area contributed by atoms with Crippen molar-refractivity contribution in [1.29, 1.82) is 0 Å². The molecule has 1 fully saturated rings. The third-order valence-corrected chi connectivity index (χ3v) is 5.45. The van der Waals surface area contributed by atoms with E-state index in [1.807, 2.05) is 6.08 Å². The van der Waals surface area contributed by atoms with Crippen molar-refractivity contribution in [3.05, 3.63) is 71.1 Å². The van der Waals surface area contributed by atoms with E-state index >= 15 is 0 Å². The van der Waals surface area contributed by atoms with E-state index in [0.29, 0.717) is 24.2 Å². The normalized spacial score (nSPS) is 19.0. The maximum atomic E-state index is 13.3. The molecule has 0 N–H and O–H groups in total. The molecule has 2 aromatic carbocycles. The first kappa shape index (κ1) is 23.1. The van der Waals surface area contributed by atoms with E-state index in [2.05, 4.69) is 13.0 Å². The van der Waals surface area contributed by atoms with Crippen molar-refractivity contribution >= 4 is 12.0 Å². The zero-order valence-electron chi connectivity index (χ0n) is 17.6. The number of rotatable bonds is 8. The minimum atomic E-state index is -1.60. The van der Waals surface area contributed by atoms with Crippen LogP contribution in [0.3, 0.4) is 0 Å². The summed E-state index contributed by atoms with van der Waals surface area (Å²) in [6.07, 6.45) is 11.2. The van der Waals surface area contributed by atoms with Crippen LogP contribution < -0.4 is 4.74 Å². The topological polar surface area (TPSA) is 35.5 Å². The van der Waals surface area contributed by atoms with Crippen LogP contribution in [0.25, 0.3) is 6.08 Å². The fourth-order valence-corrected chi connectivity index (χ4v) is 3.58. The summed E-state index contributed by atoms with van der Waals surface area (Å²) in [4.78, 5) is 12.2. The number of carbonyl (C=O) groups excluding carboxylic acids is 1. The van der Waals surface area contributed by atoms with Crippen LogP contribution >= 0.6 is 0 Å². The number of allylic oxidation sites excluding steroid dienone is 1. The van der Waals surface area contributed by atoms with Gasteiger partial charge in [0.05, 0.1) is 11.7 Å². The summed E-state index contributed by atoms with van der Waals surface area (Å²) >= 11 is 0. The summed E-state index contributed by atoms with van der Waals surface area (Å²) in [7, 11) is 0. The lowest BCUT2D eigenvalue weighted by Crippen LogP contribution is -2.21. The molecule has 166 valence electrons. The molecule has 0 aliphatic heterocycles. The van der Waals surface area contributed by atoms with Gasteiger partial charge in [-0.15, -0.1) is 0 Å². The van der Waals surface area contributed by atoms with Crippen molar-refractivity contribution in [3.63, 3.8) is 0 Å². The molecule has 2 aromatic rings. The molecular weight excluding hydrogens is 405 g/mol. The van der Waals surface area contributed by atoms with Gasteiger partial charge < -0.3 is 9.47 Å². The van der Waals surface area contributed by atoms with E-state index in [0.717, 1.165) is 50.7 Å². The van der Waals surface area contributed by atoms with Gasteiger partial charge in [-0.2, -0.15) is 0 Å². The Labute approximate surface area is 180 Å². The predicted octanol–water partition coefficient (Wildman–Crippen LogP) is 6.71. The lowest BCUT2D eigenvalue weighted by Gasteiger charge is -2.26. The molecule has 3 rings (SSSR count). The third kappa shape index (κ3) is 6.69. The van der Waals surface area contributed by atoms with Gasteiger partial charge in [-0.3, -0.25) is 0 Å². The molecule has 0 bridgehead atoms. The van der Waals surface area contributed by atoms with Gasteiger partial charge in [0.1, 0.15) is 5.75 Å². The van der Waals surface area contributed by atoms with Gasteiger partial charge in [0, 0.05) is 18.7 Å². The molecule has 0 atom stereocenters. The predicted molar refractivity (Wildman–Crippen MR) is 113 cm³/mol. The average molecular weight is 432 g/mol. The highest BCUT2D eigenvalue weighted by Gasteiger charge is 2.19. The third-order valence-electron chi connectivity index (χ3n) is 5.45. The van der Waals surface area contributed by atoms with Crippen LogP contribution in [0.1, 0.15) is 61.4 Å². The summed E-state index contributed by atoms with van der Waals surface area (Å²) in [5.41, 5.74) is 1.17. The van der Waals surface area contributed by atoms with Gasteiger partial charge in [0.2, 0.25) is 0 Å². The second-order valence-electron chi connectivity index (χ2n) is 7.83. The molecule has 1 aliphatic carbocycles. The van der Waals surface area contributed by atoms with Crippen LogP contribution in [0, 0.1) is 23.4 Å². The molecule has 1 aliphatic rings. The smallest absolute Gasteiger partial charge is 0.343 e. The number of unbranched alkanes of at least 4 members (excludes halogenated alkanes) is 1. The molecule has 6 heteroatoms. The van der Waals surface area contributed by atoms with E-state index in [1.54, 1.807) is 24.3 Å². The van der Waals surface area contributed by atoms with Gasteiger partial charge in [-0.1, -0.05) is 37.6 Å². The Bertz CT molecular complexity index is 878. The molecule has 0 aromatic heterocycles. The Kier molecular flexibility index (Phi) is 8.29. The van der Waals surface area contributed by atoms with Crippen LogP contribution in [-0.4, -0.2) is 18.7 Å². The van der Waals surface area contributed by atoms with Gasteiger partial charge in [0.25, 0.3) is 0 Å². The summed E-state index contributed by atoms with van der Waals surface area (Å²) in [5, 5.41) is 0. The number of halogens is 3. The Morgan fingerprint density at radius 3 is 2.29 bits per heavy atom. The Hall–Kier alpha value is -2.60. The van der Waals surface area contributed by atoms with E-state index in [9.17, 15) is 18.0 Å². The molecule has 0 saturated heterocycles. The zero-order chi connectivity index (χ0) is 22.2. The van der Waals surface area contributed by atoms with E-state index < -0.39 is 23.4 Å². The van der Waals surface area contributed by atoms with Crippen LogP contribution in [0.4, 0.5) is 13.2 Å². The molecule has 0 amide bonds. The van der Waals surface area contributed by atoms with Crippen LogP contribution in [0.5, 0.6) is 5.75 Å². The fraction of sp³-hybridized carbons (Fsp3) is 0.400. The lowest BCUT2D eigenvalue weighted by molar-refractivity contribution is 0.0209. The van der Waals surface area contributed by atoms with Gasteiger partial charge >= 0.3 is 5.97 Å². The van der Waals surface area contributed by atoms with Gasteiger partial charge in [-0.05, 0) is 55.7 Å². The summed E-state index contributed by atoms with van der Waals surface area (Å²) in [6.45, 7) is 3.01. The van der Waals surface area contributed by atoms with E-state index in [4.69, 9.17) is 9.47 Å². The number of esters is 1. The number of carbonyl (C=O) groups is 1. The molecule has 0 radical (unpaired) electrons. The fourth-order valence-electron chi connectivity index (χ4n) is 3.58. The van der Waals surface area contributed by atoms with Crippen LogP contribution in [0.15, 0.2) is 42.5 Å². The van der Waals surface area contributed by atoms with Crippen molar-refractivity contribution < 1.29 is 27.4 Å². The molecule has 0 spiro atoms. The minimum absolute atomic E-state index is 0.229. The van der Waals surface area contributed by atoms with Crippen molar-refractivity contribution in [2.75, 3.05) is 6.61 Å². The molecule has 0 heterocycles. The van der Waals surface area contributed by atoms with E-state index in [-0.39, 0.29) is 11.3 Å². The first-order chi connectivity index (χ1) is 15.0. The largest absolute Gasteiger partial charge is 0.423 e. The lowest BCUT2D eigenvalue weighted by atomic mass is 9.87. The molecule has 3 nitrogen and oxygen atoms in total. The van der Waals surface area contributed by atoms with Gasteiger partial charge in [0.15, 0.2) is 17.5 Å². The van der Waals surface area contributed by atoms with Crippen molar-refractivity contribution in [1.82, 2.24) is 0 Å². The number of ether oxygens (including phenoxy) is 2. The number of hydrogen-bond donors (Lipinski definition) is 0. The standard InChI is InChI=1S/C25H27F3O3/c1-2-3-14-30-20-12-8-18(9-13-20)5-4-17-6-10-19(11-7-17)25(29)31-21-15-22(26)24(28)23(27)16-21/h4-7,10-11,15-16,18,20H,2-3,8-9,12-14H2,1H3/b5-4+. The monoisotopic (exact) mass is 432 g/mol. The maximum absolute atomic E-state index is 13.3. The van der Waals surface area contributed by atoms with Crippen LogP contribution in [0.2, 0.25) is 0 Å². The molecule has 1 saturated carbocycles. The van der Waals surface area contributed by atoms with Crippen molar-refractivity contribution in [3.8, 4) is 5.75 Å². The Morgan fingerprint density at radius 1 is 1.03 bits per heavy atom. The maximum Gasteiger partial charge on any atom is 0.343 e. The van der Waals surface area contributed by atoms with Crippen molar-refractivity contribution in [2.24, 2.45) is 5.92 Å². The molecule has 31 heavy (non-hydrogen) atoms. The molecule has 0 unspecified atom stereocenters. The van der Waals surface area contributed by atoms with E-state index in [1.165, 1.54) is 0 Å². The minimum Gasteiger partial charge on any atom is -0.423 e. The highest BCUT2D eigenvalue weighted by atomic mass is 19.2. The summed E-state index contributed by atoms with van der Waals surface area (Å²) < 4.78 is 50.4. The second-order valence-corrected chi connectivity index (χ2v) is 7.83. The quantitative estimate of drug-likeness (QED) is 0.201. The number of hydrogen-bond acceptors (Lipinski definition) is 3. The SMILES string of the molecule is CCCCOC1CCC(/C=C/c2ccc(C(=O)Oc3cc(F)c(F)c(F)c3)cc2)CC1. The first-order valence-electron chi connectivity index (χ1n) is 10.7. The summed E-state index contributed by atoms with van der Waals surface area (Å²) in [5.74, 6) is -5.08. The first-order valence-corrected chi connectivity index (χ1v) is 10.7. The highest BCUT2D eigenvalue weighted by Crippen LogP contribution is 2.28. The molecular formula is C25H27F3O3. The second kappa shape index (κ2) is 11.1. The summed E-state index contributed by atoms with van der Waals surface area (Å²) in [6, 6.07) is 7.98. The Morgan fingerprint density at radius 2 is 1.68 bits per heavy atom. The zero-order valence-corrected chi connectivity index (χ0v) is 17.6. The van der Waals surface area contributed by atoms with Crippen LogP contribution in [-0.2, 0) is 4.74 Å². The average Bonchev–Trinajstić information content (AvgIpc) is 2.77. The van der Waals surface area contributed by atoms with Gasteiger partial charge in [-0.25, -0.2) is 18.0 Å². The van der Waals surface area contributed by atoms with Crippen molar-refractivity contribution in [2.45, 2.75) is 51.6 Å². The number of benzene rings is 2. The Balaban J connectivity index is 1.50. The highest BCUT2D eigenvalue weighted by molar-refractivity contribution is 5.91.